The lowest BCUT2D eigenvalue weighted by molar-refractivity contribution is -0.126. The molecule has 1 aromatic carbocycles. The van der Waals surface area contributed by atoms with Gasteiger partial charge in [-0.15, -0.1) is 12.4 Å². The standard InChI is InChI=1S/C15H19N5O2.ClH/c1-11(9-16)15(22)17-10-14(21)19-12-3-5-13(6-4-12)20-8-2-7-18-20;/h2-8,11H,9-10,16H2,1H3,(H,17,22)(H,19,21);1H. The molecule has 0 fully saturated rings. The molecule has 0 spiro atoms. The largest absolute Gasteiger partial charge is 0.347 e. The SMILES string of the molecule is CC(CN)C(=O)NCC(=O)Nc1ccc(-n2cccn2)cc1.Cl. The van der Waals surface area contributed by atoms with E-state index >= 15 is 0 Å². The van der Waals surface area contributed by atoms with Crippen LogP contribution in [0.1, 0.15) is 6.92 Å². The van der Waals surface area contributed by atoms with Crippen molar-refractivity contribution in [3.05, 3.63) is 42.7 Å². The molecular formula is C15H20ClN5O2. The number of nitrogens with two attached hydrogens (primary N) is 1. The maximum atomic E-state index is 11.8. The number of nitrogens with one attached hydrogen (secondary N) is 2. The van der Waals surface area contributed by atoms with Crippen LogP contribution in [0.4, 0.5) is 5.69 Å². The van der Waals surface area contributed by atoms with Gasteiger partial charge in [-0.3, -0.25) is 9.59 Å². The maximum absolute atomic E-state index is 11.8. The third-order valence-electron chi connectivity index (χ3n) is 3.14. The molecule has 1 heterocycles. The summed E-state index contributed by atoms with van der Waals surface area (Å²) in [6.45, 7) is 1.88. The second kappa shape index (κ2) is 8.92. The summed E-state index contributed by atoms with van der Waals surface area (Å²) in [4.78, 5) is 23.3. The van der Waals surface area contributed by atoms with Crippen LogP contribution >= 0.6 is 12.4 Å². The van der Waals surface area contributed by atoms with Crippen molar-refractivity contribution >= 4 is 29.9 Å². The van der Waals surface area contributed by atoms with E-state index in [4.69, 9.17) is 5.73 Å². The van der Waals surface area contributed by atoms with Gasteiger partial charge in [-0.05, 0) is 30.3 Å². The number of benzene rings is 1. The first-order valence-electron chi connectivity index (χ1n) is 6.98. The summed E-state index contributed by atoms with van der Waals surface area (Å²) in [5.74, 6) is -0.822. The zero-order chi connectivity index (χ0) is 15.9. The summed E-state index contributed by atoms with van der Waals surface area (Å²) in [5.41, 5.74) is 6.94. The van der Waals surface area contributed by atoms with Gasteiger partial charge in [0.25, 0.3) is 0 Å². The van der Waals surface area contributed by atoms with E-state index in [0.29, 0.717) is 5.69 Å². The lowest BCUT2D eigenvalue weighted by Crippen LogP contribution is -2.38. The Balaban J connectivity index is 0.00000264. The molecule has 2 aromatic rings. The highest BCUT2D eigenvalue weighted by Gasteiger charge is 2.11. The van der Waals surface area contributed by atoms with Crippen LogP contribution in [-0.2, 0) is 9.59 Å². The molecular weight excluding hydrogens is 318 g/mol. The van der Waals surface area contributed by atoms with Gasteiger partial charge in [-0.2, -0.15) is 5.10 Å². The predicted molar refractivity (Wildman–Crippen MR) is 90.7 cm³/mol. The number of carbonyl (C=O) groups is 2. The molecule has 0 aliphatic carbocycles. The molecule has 1 atom stereocenters. The van der Waals surface area contributed by atoms with Gasteiger partial charge in [-0.1, -0.05) is 6.92 Å². The van der Waals surface area contributed by atoms with Crippen molar-refractivity contribution in [2.24, 2.45) is 11.7 Å². The van der Waals surface area contributed by atoms with Crippen LogP contribution < -0.4 is 16.4 Å². The molecule has 2 rings (SSSR count). The molecule has 0 saturated carbocycles. The maximum Gasteiger partial charge on any atom is 0.243 e. The summed E-state index contributed by atoms with van der Waals surface area (Å²) in [6, 6.07) is 9.08. The van der Waals surface area contributed by atoms with Gasteiger partial charge in [0.2, 0.25) is 11.8 Å². The molecule has 124 valence electrons. The Labute approximate surface area is 140 Å². The lowest BCUT2D eigenvalue weighted by Gasteiger charge is -2.10. The minimum Gasteiger partial charge on any atom is -0.347 e. The molecule has 0 aliphatic rings. The van der Waals surface area contributed by atoms with Crippen LogP contribution in [0.15, 0.2) is 42.7 Å². The fraction of sp³-hybridized carbons (Fsp3) is 0.267. The Morgan fingerprint density at radius 3 is 2.57 bits per heavy atom. The minimum atomic E-state index is -0.304. The number of amides is 2. The van der Waals surface area contributed by atoms with E-state index in [2.05, 4.69) is 15.7 Å². The molecule has 1 unspecified atom stereocenters. The van der Waals surface area contributed by atoms with Crippen LogP contribution in [0, 0.1) is 5.92 Å². The van der Waals surface area contributed by atoms with Crippen LogP contribution in [0.2, 0.25) is 0 Å². The van der Waals surface area contributed by atoms with Crippen LogP contribution in [0.3, 0.4) is 0 Å². The number of hydrogen-bond acceptors (Lipinski definition) is 4. The van der Waals surface area contributed by atoms with Crippen LogP contribution in [0.5, 0.6) is 0 Å². The highest BCUT2D eigenvalue weighted by Crippen LogP contribution is 2.12. The van der Waals surface area contributed by atoms with Gasteiger partial charge in [-0.25, -0.2) is 4.68 Å². The molecule has 0 radical (unpaired) electrons. The first-order valence-corrected chi connectivity index (χ1v) is 6.98. The van der Waals surface area contributed by atoms with Crippen molar-refractivity contribution in [2.45, 2.75) is 6.92 Å². The number of carbonyl (C=O) groups excluding carboxylic acids is 2. The van der Waals surface area contributed by atoms with Gasteiger partial charge in [0, 0.05) is 30.5 Å². The Morgan fingerprint density at radius 1 is 1.30 bits per heavy atom. The summed E-state index contributed by atoms with van der Waals surface area (Å²) in [6.07, 6.45) is 3.53. The number of nitrogens with zero attached hydrogens (tertiary/aromatic N) is 2. The van der Waals surface area contributed by atoms with Gasteiger partial charge < -0.3 is 16.4 Å². The second-order valence-electron chi connectivity index (χ2n) is 4.90. The quantitative estimate of drug-likeness (QED) is 0.730. The van der Waals surface area contributed by atoms with Crippen molar-refractivity contribution in [2.75, 3.05) is 18.4 Å². The normalized spacial score (nSPS) is 11.2. The van der Waals surface area contributed by atoms with E-state index in [1.165, 1.54) is 0 Å². The first-order chi connectivity index (χ1) is 10.6. The average Bonchev–Trinajstić information content (AvgIpc) is 3.07. The summed E-state index contributed by atoms with van der Waals surface area (Å²) >= 11 is 0. The zero-order valence-corrected chi connectivity index (χ0v) is 13.5. The van der Waals surface area contributed by atoms with Gasteiger partial charge in [0.15, 0.2) is 0 Å². The molecule has 23 heavy (non-hydrogen) atoms. The number of anilines is 1. The first kappa shape index (κ1) is 18.7. The average molecular weight is 338 g/mol. The van der Waals surface area contributed by atoms with Crippen molar-refractivity contribution in [3.63, 3.8) is 0 Å². The smallest absolute Gasteiger partial charge is 0.243 e. The molecule has 0 bridgehead atoms. The number of aromatic nitrogens is 2. The third-order valence-corrected chi connectivity index (χ3v) is 3.14. The van der Waals surface area contributed by atoms with E-state index < -0.39 is 0 Å². The number of halogens is 1. The monoisotopic (exact) mass is 337 g/mol. The zero-order valence-electron chi connectivity index (χ0n) is 12.7. The van der Waals surface area contributed by atoms with Gasteiger partial charge in [0.1, 0.15) is 0 Å². The number of rotatable bonds is 6. The van der Waals surface area contributed by atoms with Crippen molar-refractivity contribution in [1.82, 2.24) is 15.1 Å². The summed E-state index contributed by atoms with van der Waals surface area (Å²) in [5, 5.41) is 9.38. The third kappa shape index (κ3) is 5.39. The highest BCUT2D eigenvalue weighted by atomic mass is 35.5. The molecule has 0 saturated heterocycles. The fourth-order valence-corrected chi connectivity index (χ4v) is 1.77. The highest BCUT2D eigenvalue weighted by molar-refractivity contribution is 5.94. The summed E-state index contributed by atoms with van der Waals surface area (Å²) in [7, 11) is 0. The van der Waals surface area contributed by atoms with E-state index in [-0.39, 0.29) is 43.2 Å². The van der Waals surface area contributed by atoms with Crippen molar-refractivity contribution in [1.29, 1.82) is 0 Å². The Hall–Kier alpha value is -2.38. The van der Waals surface area contributed by atoms with Gasteiger partial charge in [0.05, 0.1) is 12.2 Å². The van der Waals surface area contributed by atoms with Crippen LogP contribution in [-0.4, -0.2) is 34.7 Å². The van der Waals surface area contributed by atoms with Crippen molar-refractivity contribution in [3.8, 4) is 5.69 Å². The van der Waals surface area contributed by atoms with Crippen LogP contribution in [0.25, 0.3) is 5.69 Å². The molecule has 4 N–H and O–H groups in total. The van der Waals surface area contributed by atoms with E-state index in [0.717, 1.165) is 5.69 Å². The summed E-state index contributed by atoms with van der Waals surface area (Å²) < 4.78 is 1.72. The Kier molecular flexibility index (Phi) is 7.24. The Bertz CT molecular complexity index is 628. The fourth-order valence-electron chi connectivity index (χ4n) is 1.77. The second-order valence-corrected chi connectivity index (χ2v) is 4.90. The molecule has 2 amide bonds. The van der Waals surface area contributed by atoms with E-state index in [1.807, 2.05) is 24.4 Å². The molecule has 1 aromatic heterocycles. The number of hydrogen-bond donors (Lipinski definition) is 3. The molecule has 0 aliphatic heterocycles. The lowest BCUT2D eigenvalue weighted by atomic mass is 10.2. The molecule has 8 heteroatoms. The predicted octanol–water partition coefficient (Wildman–Crippen LogP) is 0.944. The molecule has 7 nitrogen and oxygen atoms in total. The van der Waals surface area contributed by atoms with Crippen molar-refractivity contribution < 1.29 is 9.59 Å². The topological polar surface area (TPSA) is 102 Å². The minimum absolute atomic E-state index is 0. The van der Waals surface area contributed by atoms with E-state index in [9.17, 15) is 9.59 Å². The van der Waals surface area contributed by atoms with E-state index in [1.54, 1.807) is 29.9 Å². The van der Waals surface area contributed by atoms with Gasteiger partial charge >= 0.3 is 0 Å². The Morgan fingerprint density at radius 2 is 2.00 bits per heavy atom.